The van der Waals surface area contributed by atoms with Crippen molar-refractivity contribution in [1.82, 2.24) is 10.2 Å². The van der Waals surface area contributed by atoms with E-state index in [1.807, 2.05) is 92.7 Å². The number of nitrogens with one attached hydrogen (secondary N) is 1. The second-order valence-corrected chi connectivity index (χ2v) is 13.0. The molecule has 1 aliphatic heterocycles. The molecule has 0 fully saturated rings. The number of anilines is 1. The van der Waals surface area contributed by atoms with E-state index in [9.17, 15) is 18.0 Å². The molecule has 0 aliphatic carbocycles. The van der Waals surface area contributed by atoms with Crippen molar-refractivity contribution < 1.29 is 22.7 Å². The predicted molar refractivity (Wildman–Crippen MR) is 173 cm³/mol. The Morgan fingerprint density at radius 3 is 2.36 bits per heavy atom. The highest BCUT2D eigenvalue weighted by Gasteiger charge is 2.36. The Hall–Kier alpha value is -4.37. The minimum atomic E-state index is -3.73. The topological polar surface area (TPSA) is 96.0 Å². The van der Waals surface area contributed by atoms with Crippen molar-refractivity contribution >= 4 is 38.3 Å². The maximum Gasteiger partial charge on any atom is 0.265 e. The third kappa shape index (κ3) is 6.58. The van der Waals surface area contributed by atoms with E-state index in [0.717, 1.165) is 22.9 Å². The highest BCUT2D eigenvalue weighted by atomic mass is 32.2. The number of ether oxygens (including phenoxy) is 1. The largest absolute Gasteiger partial charge is 0.497 e. The van der Waals surface area contributed by atoms with Gasteiger partial charge < -0.3 is 15.0 Å². The number of hydrogen-bond donors (Lipinski definition) is 1. The summed E-state index contributed by atoms with van der Waals surface area (Å²) in [5.41, 5.74) is 2.40. The van der Waals surface area contributed by atoms with Crippen molar-refractivity contribution in [2.24, 2.45) is 0 Å². The molecule has 0 saturated heterocycles. The van der Waals surface area contributed by atoms with Crippen LogP contribution in [0.25, 0.3) is 10.8 Å². The molecule has 0 radical (unpaired) electrons. The van der Waals surface area contributed by atoms with E-state index < -0.39 is 16.1 Å². The third-order valence-electron chi connectivity index (χ3n) is 8.19. The summed E-state index contributed by atoms with van der Waals surface area (Å²) in [5, 5.41) is 4.66. The van der Waals surface area contributed by atoms with Crippen molar-refractivity contribution in [3.63, 3.8) is 0 Å². The Morgan fingerprint density at radius 1 is 0.932 bits per heavy atom. The van der Waals surface area contributed by atoms with Gasteiger partial charge in [0.1, 0.15) is 11.8 Å². The summed E-state index contributed by atoms with van der Waals surface area (Å²) in [5.74, 6) is 0.218. The standard InChI is InChI=1S/C35H39N3O5S/c1-4-25(2)36-35(40)31(23-26-12-6-5-7-13-26)37(24-27-14-8-17-29(22-27)43-3)33(39)20-11-21-38-30-18-9-15-28-16-10-19-32(34(28)30)44(38,41)42/h5-10,12-19,22,25,31H,4,11,20-21,23-24H2,1-3H3,(H,36,40). The molecule has 4 aromatic carbocycles. The number of hydrogen-bond acceptors (Lipinski definition) is 5. The van der Waals surface area contributed by atoms with Crippen LogP contribution in [0.5, 0.6) is 5.75 Å². The minimum absolute atomic E-state index is 0.0562. The number of amides is 2. The zero-order valence-electron chi connectivity index (χ0n) is 25.4. The minimum Gasteiger partial charge on any atom is -0.497 e. The quantitative estimate of drug-likeness (QED) is 0.209. The van der Waals surface area contributed by atoms with Gasteiger partial charge >= 0.3 is 0 Å². The molecule has 0 spiro atoms. The molecule has 2 unspecified atom stereocenters. The average molecular weight is 614 g/mol. The smallest absolute Gasteiger partial charge is 0.265 e. The summed E-state index contributed by atoms with van der Waals surface area (Å²) < 4.78 is 33.8. The van der Waals surface area contributed by atoms with Gasteiger partial charge in [0.15, 0.2) is 0 Å². The lowest BCUT2D eigenvalue weighted by molar-refractivity contribution is -0.141. The Labute approximate surface area is 259 Å². The normalized spacial score (nSPS) is 14.7. The second kappa shape index (κ2) is 13.5. The van der Waals surface area contributed by atoms with Crippen LogP contribution in [0.2, 0.25) is 0 Å². The first kappa shape index (κ1) is 31.1. The van der Waals surface area contributed by atoms with E-state index in [1.54, 1.807) is 24.1 Å². The van der Waals surface area contributed by atoms with Gasteiger partial charge in [-0.05, 0) is 60.5 Å². The summed E-state index contributed by atoms with van der Waals surface area (Å²) in [4.78, 5) is 29.8. The highest BCUT2D eigenvalue weighted by Crippen LogP contribution is 2.42. The lowest BCUT2D eigenvalue weighted by Gasteiger charge is -2.32. The molecule has 2 atom stereocenters. The van der Waals surface area contributed by atoms with E-state index in [-0.39, 0.29) is 37.4 Å². The number of rotatable bonds is 13. The molecule has 1 heterocycles. The number of nitrogens with zero attached hydrogens (tertiary/aromatic N) is 2. The van der Waals surface area contributed by atoms with E-state index in [1.165, 1.54) is 4.31 Å². The van der Waals surface area contributed by atoms with Gasteiger partial charge in [0.25, 0.3) is 10.0 Å². The molecular weight excluding hydrogens is 574 g/mol. The number of sulfonamides is 1. The Bertz CT molecular complexity index is 1740. The molecule has 1 N–H and O–H groups in total. The number of methoxy groups -OCH3 is 1. The first-order chi connectivity index (χ1) is 21.2. The predicted octanol–water partition coefficient (Wildman–Crippen LogP) is 5.69. The molecule has 230 valence electrons. The molecule has 0 bridgehead atoms. The molecule has 9 heteroatoms. The Morgan fingerprint density at radius 2 is 1.64 bits per heavy atom. The summed E-state index contributed by atoms with van der Waals surface area (Å²) in [6.45, 7) is 4.30. The van der Waals surface area contributed by atoms with Gasteiger partial charge in [0.05, 0.1) is 17.7 Å². The van der Waals surface area contributed by atoms with Crippen LogP contribution in [0.4, 0.5) is 5.69 Å². The average Bonchev–Trinajstić information content (AvgIpc) is 3.26. The van der Waals surface area contributed by atoms with Gasteiger partial charge in [-0.25, -0.2) is 8.42 Å². The van der Waals surface area contributed by atoms with Crippen LogP contribution in [0.15, 0.2) is 95.9 Å². The number of benzene rings is 4. The summed E-state index contributed by atoms with van der Waals surface area (Å²) in [6, 6.07) is 27.1. The fraction of sp³-hybridized carbons (Fsp3) is 0.314. The maximum absolute atomic E-state index is 14.1. The first-order valence-electron chi connectivity index (χ1n) is 15.0. The molecule has 0 aromatic heterocycles. The van der Waals surface area contributed by atoms with Crippen LogP contribution in [-0.4, -0.2) is 50.9 Å². The van der Waals surface area contributed by atoms with Crippen LogP contribution >= 0.6 is 0 Å². The monoisotopic (exact) mass is 613 g/mol. The highest BCUT2D eigenvalue weighted by molar-refractivity contribution is 7.93. The van der Waals surface area contributed by atoms with Crippen LogP contribution < -0.4 is 14.4 Å². The summed E-state index contributed by atoms with van der Waals surface area (Å²) in [6.07, 6.45) is 1.47. The molecule has 2 amide bonds. The fourth-order valence-corrected chi connectivity index (χ4v) is 7.43. The third-order valence-corrected chi connectivity index (χ3v) is 10.0. The number of carbonyl (C=O) groups excluding carboxylic acids is 2. The summed E-state index contributed by atoms with van der Waals surface area (Å²) in [7, 11) is -2.14. The van der Waals surface area contributed by atoms with E-state index in [4.69, 9.17) is 4.74 Å². The van der Waals surface area contributed by atoms with Gasteiger partial charge in [-0.15, -0.1) is 0 Å². The summed E-state index contributed by atoms with van der Waals surface area (Å²) >= 11 is 0. The SMILES string of the molecule is CCC(C)NC(=O)C(Cc1ccccc1)N(Cc1cccc(OC)c1)C(=O)CCCN1c2cccc3cccc(c23)S1(=O)=O. The zero-order chi connectivity index (χ0) is 31.3. The van der Waals surface area contributed by atoms with Crippen LogP contribution in [0.3, 0.4) is 0 Å². The van der Waals surface area contributed by atoms with E-state index in [0.29, 0.717) is 34.6 Å². The van der Waals surface area contributed by atoms with E-state index >= 15 is 0 Å². The fourth-order valence-electron chi connectivity index (χ4n) is 5.68. The van der Waals surface area contributed by atoms with Gasteiger partial charge in [-0.1, -0.05) is 73.7 Å². The number of carbonyl (C=O) groups is 2. The van der Waals surface area contributed by atoms with Gasteiger partial charge in [0.2, 0.25) is 11.8 Å². The first-order valence-corrected chi connectivity index (χ1v) is 16.5. The van der Waals surface area contributed by atoms with Crippen molar-refractivity contribution in [3.8, 4) is 5.75 Å². The van der Waals surface area contributed by atoms with Crippen molar-refractivity contribution in [2.75, 3.05) is 18.0 Å². The lowest BCUT2D eigenvalue weighted by Crippen LogP contribution is -2.52. The van der Waals surface area contributed by atoms with Crippen molar-refractivity contribution in [1.29, 1.82) is 0 Å². The Kier molecular flexibility index (Phi) is 9.54. The van der Waals surface area contributed by atoms with Gasteiger partial charge in [-0.3, -0.25) is 13.9 Å². The molecule has 44 heavy (non-hydrogen) atoms. The van der Waals surface area contributed by atoms with Crippen LogP contribution in [0.1, 0.15) is 44.2 Å². The second-order valence-electron chi connectivity index (χ2n) is 11.2. The molecule has 4 aromatic rings. The molecular formula is C35H39N3O5S. The van der Waals surface area contributed by atoms with Crippen molar-refractivity contribution in [3.05, 3.63) is 102 Å². The van der Waals surface area contributed by atoms with Crippen LogP contribution in [0, 0.1) is 0 Å². The van der Waals surface area contributed by atoms with Crippen molar-refractivity contribution in [2.45, 2.75) is 63.1 Å². The molecule has 0 saturated carbocycles. The van der Waals surface area contributed by atoms with E-state index in [2.05, 4.69) is 5.32 Å². The molecule has 1 aliphatic rings. The Balaban J connectivity index is 1.41. The van der Waals surface area contributed by atoms with Gasteiger partial charge in [-0.2, -0.15) is 0 Å². The molecule has 8 nitrogen and oxygen atoms in total. The molecule has 5 rings (SSSR count). The lowest BCUT2D eigenvalue weighted by atomic mass is 10.0. The van der Waals surface area contributed by atoms with Gasteiger partial charge in [0, 0.05) is 37.4 Å². The zero-order valence-corrected chi connectivity index (χ0v) is 26.2. The maximum atomic E-state index is 14.1. The van der Waals surface area contributed by atoms with Crippen LogP contribution in [-0.2, 0) is 32.6 Å².